The minimum atomic E-state index is -0.489. The van der Waals surface area contributed by atoms with Gasteiger partial charge in [-0.2, -0.15) is 0 Å². The SMILES string of the molecule is Cc1cccc(N2C(=O)/C(=C/c3cc(C)n(-c4cccc5ccccc45)c3C)C(=O)NC2=S)c1C. The zero-order valence-electron chi connectivity index (χ0n) is 20.0. The second-order valence-corrected chi connectivity index (χ2v) is 9.22. The van der Waals surface area contributed by atoms with Crippen molar-refractivity contribution in [3.63, 3.8) is 0 Å². The molecule has 0 bridgehead atoms. The fraction of sp³-hybridized carbons (Fsp3) is 0.138. The molecule has 1 N–H and O–H groups in total. The molecule has 35 heavy (non-hydrogen) atoms. The number of thiocarbonyl (C=S) groups is 1. The summed E-state index contributed by atoms with van der Waals surface area (Å²) in [6, 6.07) is 22.1. The first kappa shape index (κ1) is 22.7. The first-order valence-electron chi connectivity index (χ1n) is 11.4. The van der Waals surface area contributed by atoms with Gasteiger partial charge in [0.1, 0.15) is 5.57 Å². The number of hydrogen-bond acceptors (Lipinski definition) is 3. The van der Waals surface area contributed by atoms with Crippen molar-refractivity contribution in [2.24, 2.45) is 0 Å². The zero-order valence-corrected chi connectivity index (χ0v) is 20.9. The highest BCUT2D eigenvalue weighted by Crippen LogP contribution is 2.30. The van der Waals surface area contributed by atoms with Crippen molar-refractivity contribution in [2.75, 3.05) is 4.90 Å². The molecular weight excluding hydrogens is 454 g/mol. The fourth-order valence-electron chi connectivity index (χ4n) is 4.72. The third-order valence-electron chi connectivity index (χ3n) is 6.70. The van der Waals surface area contributed by atoms with E-state index in [1.54, 1.807) is 6.08 Å². The standard InChI is InChI=1S/C29H25N3O2S/c1-17-9-7-13-25(19(17)3)32-28(34)24(27(33)30-29(32)35)16-22-15-18(2)31(20(22)4)26-14-8-11-21-10-5-6-12-23(21)26/h5-16H,1-4H3,(H,30,33,35)/b24-16+. The van der Waals surface area contributed by atoms with Gasteiger partial charge in [0.2, 0.25) is 0 Å². The Morgan fingerprint density at radius 3 is 2.34 bits per heavy atom. The highest BCUT2D eigenvalue weighted by atomic mass is 32.1. The molecule has 1 aliphatic rings. The first-order chi connectivity index (χ1) is 16.8. The van der Waals surface area contributed by atoms with Crippen LogP contribution in [0, 0.1) is 27.7 Å². The minimum Gasteiger partial charge on any atom is -0.317 e. The number of nitrogens with zero attached hydrogens (tertiary/aromatic N) is 2. The lowest BCUT2D eigenvalue weighted by atomic mass is 10.0. The molecule has 2 amide bonds. The molecular formula is C29H25N3O2S. The monoisotopic (exact) mass is 479 g/mol. The minimum absolute atomic E-state index is 0.0534. The van der Waals surface area contributed by atoms with E-state index in [1.165, 1.54) is 4.90 Å². The highest BCUT2D eigenvalue weighted by Gasteiger charge is 2.35. The number of carbonyl (C=O) groups excluding carboxylic acids is 2. The molecule has 3 aromatic carbocycles. The summed E-state index contributed by atoms with van der Waals surface area (Å²) in [6.45, 7) is 7.95. The third kappa shape index (κ3) is 3.76. The smallest absolute Gasteiger partial charge is 0.270 e. The van der Waals surface area contributed by atoms with Crippen molar-refractivity contribution in [2.45, 2.75) is 27.7 Å². The topological polar surface area (TPSA) is 54.3 Å². The van der Waals surface area contributed by atoms with Crippen molar-refractivity contribution >= 4 is 51.7 Å². The molecule has 0 spiro atoms. The molecule has 0 unspecified atom stereocenters. The number of benzene rings is 3. The maximum Gasteiger partial charge on any atom is 0.270 e. The predicted octanol–water partition coefficient (Wildman–Crippen LogP) is 5.70. The Morgan fingerprint density at radius 2 is 1.54 bits per heavy atom. The highest BCUT2D eigenvalue weighted by molar-refractivity contribution is 7.80. The van der Waals surface area contributed by atoms with Crippen molar-refractivity contribution in [3.05, 3.63) is 100 Å². The Morgan fingerprint density at radius 1 is 0.857 bits per heavy atom. The van der Waals surface area contributed by atoms with Gasteiger partial charge in [0.15, 0.2) is 5.11 Å². The van der Waals surface area contributed by atoms with Crippen LogP contribution in [-0.4, -0.2) is 21.5 Å². The molecule has 1 aliphatic heterocycles. The van der Waals surface area contributed by atoms with Crippen LogP contribution in [0.5, 0.6) is 0 Å². The van der Waals surface area contributed by atoms with Gasteiger partial charge in [0.25, 0.3) is 11.8 Å². The second-order valence-electron chi connectivity index (χ2n) is 8.84. The molecule has 0 atom stereocenters. The molecule has 2 heterocycles. The summed E-state index contributed by atoms with van der Waals surface area (Å²) in [4.78, 5) is 27.9. The van der Waals surface area contributed by atoms with Gasteiger partial charge >= 0.3 is 0 Å². The van der Waals surface area contributed by atoms with Gasteiger partial charge in [-0.25, -0.2) is 0 Å². The van der Waals surface area contributed by atoms with E-state index in [0.29, 0.717) is 5.69 Å². The van der Waals surface area contributed by atoms with Gasteiger partial charge in [-0.15, -0.1) is 0 Å². The van der Waals surface area contributed by atoms with Gasteiger partial charge < -0.3 is 4.57 Å². The van der Waals surface area contributed by atoms with E-state index >= 15 is 0 Å². The summed E-state index contributed by atoms with van der Waals surface area (Å²) < 4.78 is 2.16. The molecule has 5 rings (SSSR count). The number of rotatable bonds is 3. The maximum atomic E-state index is 13.6. The van der Waals surface area contributed by atoms with E-state index < -0.39 is 11.8 Å². The normalized spacial score (nSPS) is 15.3. The van der Waals surface area contributed by atoms with Crippen LogP contribution in [0.4, 0.5) is 5.69 Å². The van der Waals surface area contributed by atoms with Crippen LogP contribution < -0.4 is 10.2 Å². The van der Waals surface area contributed by atoms with Crippen LogP contribution >= 0.6 is 12.2 Å². The van der Waals surface area contributed by atoms with E-state index in [0.717, 1.165) is 44.5 Å². The summed E-state index contributed by atoms with van der Waals surface area (Å²) in [7, 11) is 0. The number of fused-ring (bicyclic) bond motifs is 1. The van der Waals surface area contributed by atoms with Crippen LogP contribution in [0.2, 0.25) is 0 Å². The fourth-order valence-corrected chi connectivity index (χ4v) is 4.99. The summed E-state index contributed by atoms with van der Waals surface area (Å²) in [5, 5.41) is 5.07. The lowest BCUT2D eigenvalue weighted by Crippen LogP contribution is -2.54. The summed E-state index contributed by atoms with van der Waals surface area (Å²) >= 11 is 5.39. The van der Waals surface area contributed by atoms with Crippen LogP contribution in [0.1, 0.15) is 28.1 Å². The van der Waals surface area contributed by atoms with Crippen LogP contribution in [0.25, 0.3) is 22.5 Å². The summed E-state index contributed by atoms with van der Waals surface area (Å²) in [6.07, 6.45) is 1.67. The van der Waals surface area contributed by atoms with Gasteiger partial charge in [0.05, 0.1) is 11.4 Å². The predicted molar refractivity (Wildman–Crippen MR) is 145 cm³/mol. The molecule has 5 nitrogen and oxygen atoms in total. The Balaban J connectivity index is 1.61. The zero-order chi connectivity index (χ0) is 24.9. The number of nitrogens with one attached hydrogen (secondary N) is 1. The number of carbonyl (C=O) groups is 2. The average Bonchev–Trinajstić information content (AvgIpc) is 3.11. The number of hydrogen-bond donors (Lipinski definition) is 1. The molecule has 1 fully saturated rings. The molecule has 174 valence electrons. The van der Waals surface area contributed by atoms with E-state index in [9.17, 15) is 9.59 Å². The van der Waals surface area contributed by atoms with Crippen molar-refractivity contribution < 1.29 is 9.59 Å². The van der Waals surface area contributed by atoms with Crippen LogP contribution in [0.3, 0.4) is 0 Å². The van der Waals surface area contributed by atoms with E-state index in [2.05, 4.69) is 34.1 Å². The van der Waals surface area contributed by atoms with Crippen molar-refractivity contribution in [1.82, 2.24) is 9.88 Å². The Hall–Kier alpha value is -4.03. The molecule has 6 heteroatoms. The lowest BCUT2D eigenvalue weighted by molar-refractivity contribution is -0.122. The number of aryl methyl sites for hydroxylation is 2. The van der Waals surface area contributed by atoms with E-state index in [1.807, 2.05) is 70.2 Å². The van der Waals surface area contributed by atoms with Crippen LogP contribution in [-0.2, 0) is 9.59 Å². The molecule has 0 radical (unpaired) electrons. The number of anilines is 1. The third-order valence-corrected chi connectivity index (χ3v) is 6.98. The summed E-state index contributed by atoms with van der Waals surface area (Å²) in [5.41, 5.74) is 6.52. The van der Waals surface area contributed by atoms with Gasteiger partial charge in [-0.1, -0.05) is 48.5 Å². The Labute approximate surface area is 209 Å². The molecule has 4 aromatic rings. The molecule has 1 aromatic heterocycles. The first-order valence-corrected chi connectivity index (χ1v) is 11.8. The average molecular weight is 480 g/mol. The van der Waals surface area contributed by atoms with E-state index in [-0.39, 0.29) is 10.7 Å². The maximum absolute atomic E-state index is 13.6. The second kappa shape index (κ2) is 8.64. The Bertz CT molecular complexity index is 1570. The van der Waals surface area contributed by atoms with Gasteiger partial charge in [0, 0.05) is 16.8 Å². The van der Waals surface area contributed by atoms with Crippen LogP contribution in [0.15, 0.2) is 72.3 Å². The molecule has 0 saturated carbocycles. The van der Waals surface area contributed by atoms with Crippen molar-refractivity contribution in [3.8, 4) is 5.69 Å². The molecule has 1 saturated heterocycles. The summed E-state index contributed by atoms with van der Waals surface area (Å²) in [5.74, 6) is -0.918. The van der Waals surface area contributed by atoms with Gasteiger partial charge in [-0.05, 0) is 86.3 Å². The Kier molecular flexibility index (Phi) is 5.61. The number of aromatic nitrogens is 1. The van der Waals surface area contributed by atoms with Crippen molar-refractivity contribution in [1.29, 1.82) is 0 Å². The molecule has 0 aliphatic carbocycles. The quantitative estimate of drug-likeness (QED) is 0.233. The largest absolute Gasteiger partial charge is 0.317 e. The number of amides is 2. The lowest BCUT2D eigenvalue weighted by Gasteiger charge is -2.30. The van der Waals surface area contributed by atoms with E-state index in [4.69, 9.17) is 12.2 Å². The van der Waals surface area contributed by atoms with Gasteiger partial charge in [-0.3, -0.25) is 19.8 Å².